The molecule has 3 N–H and O–H groups in total. The van der Waals surface area contributed by atoms with Crippen molar-refractivity contribution in [3.63, 3.8) is 0 Å². The van der Waals surface area contributed by atoms with E-state index in [9.17, 15) is 33.2 Å². The van der Waals surface area contributed by atoms with E-state index in [2.05, 4.69) is 20.3 Å². The Hall–Kier alpha value is -4.30. The predicted molar refractivity (Wildman–Crippen MR) is 199 cm³/mol. The summed E-state index contributed by atoms with van der Waals surface area (Å²) in [6, 6.07) is 9.24. The highest BCUT2D eigenvalue weighted by atomic mass is 32.2. The molecule has 0 saturated carbocycles. The molecule has 0 aliphatic carbocycles. The van der Waals surface area contributed by atoms with Crippen molar-refractivity contribution < 1.29 is 33.2 Å². The topological polar surface area (TPSA) is 148 Å². The van der Waals surface area contributed by atoms with Crippen molar-refractivity contribution in [3.05, 3.63) is 58.9 Å². The normalized spacial score (nSPS) is 14.7. The summed E-state index contributed by atoms with van der Waals surface area (Å²) in [6.07, 6.45) is 2.65. The Bertz CT molecular complexity index is 1480. The first-order valence-corrected chi connectivity index (χ1v) is 18.5. The number of carbonyl (C=O) groups is 6. The van der Waals surface area contributed by atoms with Gasteiger partial charge in [-0.05, 0) is 48.2 Å². The summed E-state index contributed by atoms with van der Waals surface area (Å²) in [6.45, 7) is 11.7. The van der Waals surface area contributed by atoms with Crippen LogP contribution in [0.1, 0.15) is 70.1 Å². The van der Waals surface area contributed by atoms with E-state index in [0.29, 0.717) is 50.1 Å². The van der Waals surface area contributed by atoms with Crippen LogP contribution >= 0.6 is 11.9 Å². The number of aldehydes is 1. The first-order valence-electron chi connectivity index (χ1n) is 17.6. The van der Waals surface area contributed by atoms with Crippen molar-refractivity contribution in [1.29, 1.82) is 0 Å². The van der Waals surface area contributed by atoms with Gasteiger partial charge in [0.2, 0.25) is 24.1 Å². The molecule has 1 atom stereocenters. The van der Waals surface area contributed by atoms with Gasteiger partial charge in [0, 0.05) is 70.5 Å². The summed E-state index contributed by atoms with van der Waals surface area (Å²) < 4.78 is 16.7. The second kappa shape index (κ2) is 22.5. The number of likely N-dealkylation sites (N-methyl/N-ethyl adjacent to an activating group) is 1. The average molecular weight is 729 g/mol. The van der Waals surface area contributed by atoms with Gasteiger partial charge in [-0.2, -0.15) is 0 Å². The minimum atomic E-state index is -0.830. The number of anilines is 2. The van der Waals surface area contributed by atoms with E-state index in [1.807, 2.05) is 46.8 Å². The summed E-state index contributed by atoms with van der Waals surface area (Å²) in [7, 11) is 1.47. The number of ketones is 1. The lowest BCUT2D eigenvalue weighted by molar-refractivity contribution is -0.139. The van der Waals surface area contributed by atoms with E-state index in [-0.39, 0.29) is 68.2 Å². The quantitative estimate of drug-likeness (QED) is 0.167. The number of carbonyl (C=O) groups excluding carboxylic acids is 6. The maximum atomic E-state index is 14.5. The Morgan fingerprint density at radius 3 is 2.35 bits per heavy atom. The molecule has 2 aromatic carbocycles. The molecule has 51 heavy (non-hydrogen) atoms. The van der Waals surface area contributed by atoms with Gasteiger partial charge in [0.05, 0.1) is 18.2 Å². The molecule has 14 heteroatoms. The Morgan fingerprint density at radius 1 is 1.04 bits per heavy atom. The zero-order valence-corrected chi connectivity index (χ0v) is 31.4. The third-order valence-corrected chi connectivity index (χ3v) is 9.60. The number of aryl methyl sites for hydroxylation is 1. The van der Waals surface area contributed by atoms with Gasteiger partial charge in [-0.15, -0.1) is 0 Å². The maximum Gasteiger partial charge on any atom is 0.242 e. The number of halogens is 1. The standard InChI is InChI=1S/C33H41FN6O6S.2C2H6/c1-22-5-3-6-28(26(22)19-39(21-42)30(7-4-14-41)33(46)35-2)36-16-31(44)38-17-24(18-38)32(45)37-29-15-23(8-9-27(29)34)20-47-40-12-10-25(43)11-13-40;2*1-2/h3,5-6,8-9,14-15,21,24,30,36H,4,7,10-13,16-20H2,1-2H3,(H,35,46)(H,37,45);2*1-2H3. The summed E-state index contributed by atoms with van der Waals surface area (Å²) in [5, 5.41) is 8.34. The van der Waals surface area contributed by atoms with Crippen molar-refractivity contribution in [2.45, 2.75) is 78.6 Å². The SMILES string of the molecule is CC.CC.CNC(=O)C(CCC=O)N(C=O)Cc1c(C)cccc1NCC(=O)N1CC(C(=O)Nc2cc(CSN3CCC(=O)CC3)ccc2F)C1. The van der Waals surface area contributed by atoms with Gasteiger partial charge in [0.1, 0.15) is 23.9 Å². The number of likely N-dealkylation sites (tertiary alicyclic amines) is 1. The molecular weight excluding hydrogens is 676 g/mol. The highest BCUT2D eigenvalue weighted by molar-refractivity contribution is 7.96. The number of Topliss-reactive ketones (excluding diaryl/α,β-unsaturated/α-hetero) is 1. The lowest BCUT2D eigenvalue weighted by Crippen LogP contribution is -2.55. The first kappa shape index (κ1) is 42.9. The second-order valence-corrected chi connectivity index (χ2v) is 12.7. The number of hydrogen-bond donors (Lipinski definition) is 3. The molecule has 1 unspecified atom stereocenters. The summed E-state index contributed by atoms with van der Waals surface area (Å²) >= 11 is 1.58. The van der Waals surface area contributed by atoms with Crippen LogP contribution in [0.2, 0.25) is 0 Å². The third-order valence-electron chi connectivity index (χ3n) is 8.41. The molecule has 2 saturated heterocycles. The van der Waals surface area contributed by atoms with Gasteiger partial charge in [-0.1, -0.05) is 57.8 Å². The monoisotopic (exact) mass is 728 g/mol. The number of piperidine rings is 1. The van der Waals surface area contributed by atoms with E-state index in [1.54, 1.807) is 30.1 Å². The van der Waals surface area contributed by atoms with E-state index in [0.717, 1.165) is 16.7 Å². The summed E-state index contributed by atoms with van der Waals surface area (Å²) in [5.41, 5.74) is 3.13. The molecule has 2 fully saturated rings. The first-order chi connectivity index (χ1) is 24.6. The van der Waals surface area contributed by atoms with Gasteiger partial charge < -0.3 is 30.5 Å². The molecule has 4 rings (SSSR count). The van der Waals surface area contributed by atoms with Crippen molar-refractivity contribution in [3.8, 4) is 0 Å². The minimum absolute atomic E-state index is 0.0601. The number of amides is 4. The van der Waals surface area contributed by atoms with Crippen LogP contribution in [0.5, 0.6) is 0 Å². The van der Waals surface area contributed by atoms with Gasteiger partial charge in [0.15, 0.2) is 0 Å². The number of nitrogens with one attached hydrogen (secondary N) is 3. The van der Waals surface area contributed by atoms with E-state index in [1.165, 1.54) is 22.9 Å². The highest BCUT2D eigenvalue weighted by Gasteiger charge is 2.36. The third kappa shape index (κ3) is 12.8. The molecule has 2 aliphatic heterocycles. The molecule has 0 bridgehead atoms. The fraction of sp³-hybridized carbons (Fsp3) is 0.514. The fourth-order valence-electron chi connectivity index (χ4n) is 5.48. The van der Waals surface area contributed by atoms with Gasteiger partial charge in [-0.3, -0.25) is 24.0 Å². The lowest BCUT2D eigenvalue weighted by atomic mass is 9.98. The van der Waals surface area contributed by atoms with Crippen LogP contribution in [0.15, 0.2) is 36.4 Å². The molecule has 4 amide bonds. The van der Waals surface area contributed by atoms with Crippen LogP contribution in [0.3, 0.4) is 0 Å². The van der Waals surface area contributed by atoms with Crippen LogP contribution in [0, 0.1) is 18.7 Å². The zero-order chi connectivity index (χ0) is 37.9. The lowest BCUT2D eigenvalue weighted by Gasteiger charge is -2.38. The zero-order valence-electron chi connectivity index (χ0n) is 30.6. The van der Waals surface area contributed by atoms with Gasteiger partial charge in [0.25, 0.3) is 0 Å². The van der Waals surface area contributed by atoms with E-state index < -0.39 is 17.8 Å². The van der Waals surface area contributed by atoms with Crippen molar-refractivity contribution in [1.82, 2.24) is 19.4 Å². The predicted octanol–water partition coefficient (Wildman–Crippen LogP) is 4.56. The van der Waals surface area contributed by atoms with Crippen LogP contribution in [0.25, 0.3) is 0 Å². The maximum absolute atomic E-state index is 14.5. The largest absolute Gasteiger partial charge is 0.376 e. The number of benzene rings is 2. The minimum Gasteiger partial charge on any atom is -0.376 e. The van der Waals surface area contributed by atoms with Crippen LogP contribution < -0.4 is 16.0 Å². The Labute approximate surface area is 305 Å². The number of rotatable bonds is 16. The summed E-state index contributed by atoms with van der Waals surface area (Å²) in [5.74, 6) is -1.15. The highest BCUT2D eigenvalue weighted by Crippen LogP contribution is 2.26. The molecule has 0 aromatic heterocycles. The molecule has 0 radical (unpaired) electrons. The van der Waals surface area contributed by atoms with Crippen molar-refractivity contribution in [2.75, 3.05) is 50.4 Å². The molecule has 12 nitrogen and oxygen atoms in total. The number of nitrogens with zero attached hydrogens (tertiary/aromatic N) is 3. The summed E-state index contributed by atoms with van der Waals surface area (Å²) in [4.78, 5) is 75.6. The van der Waals surface area contributed by atoms with Crippen molar-refractivity contribution >= 4 is 59.5 Å². The average Bonchev–Trinajstić information content (AvgIpc) is 3.13. The van der Waals surface area contributed by atoms with Crippen LogP contribution in [0.4, 0.5) is 15.8 Å². The van der Waals surface area contributed by atoms with Crippen LogP contribution in [-0.4, -0.2) is 96.1 Å². The van der Waals surface area contributed by atoms with Crippen molar-refractivity contribution in [2.24, 2.45) is 5.92 Å². The molecule has 0 spiro atoms. The Kier molecular flexibility index (Phi) is 18.9. The van der Waals surface area contributed by atoms with Crippen LogP contribution in [-0.2, 0) is 41.1 Å². The fourth-order valence-corrected chi connectivity index (χ4v) is 6.43. The number of hydrogen-bond acceptors (Lipinski definition) is 9. The molecule has 2 aromatic rings. The van der Waals surface area contributed by atoms with E-state index >= 15 is 0 Å². The molecular formula is C37H53FN6O6S. The smallest absolute Gasteiger partial charge is 0.242 e. The Morgan fingerprint density at radius 2 is 1.73 bits per heavy atom. The molecule has 2 heterocycles. The van der Waals surface area contributed by atoms with E-state index in [4.69, 9.17) is 0 Å². The van der Waals surface area contributed by atoms with Gasteiger partial charge >= 0.3 is 0 Å². The molecule has 280 valence electrons. The Balaban J connectivity index is 0.00000217. The second-order valence-electron chi connectivity index (χ2n) is 11.6. The molecule has 2 aliphatic rings. The van der Waals surface area contributed by atoms with Gasteiger partial charge in [-0.25, -0.2) is 8.70 Å².